The minimum atomic E-state index is 0.132. The average molecular weight is 289 g/mol. The lowest BCUT2D eigenvalue weighted by molar-refractivity contribution is 0.283. The van der Waals surface area contributed by atoms with Crippen LogP contribution >= 0.6 is 39.0 Å². The van der Waals surface area contributed by atoms with Gasteiger partial charge in [0.2, 0.25) is 0 Å². The molecule has 2 aromatic rings. The van der Waals surface area contributed by atoms with Gasteiger partial charge in [0.1, 0.15) is 0 Å². The fourth-order valence-corrected chi connectivity index (χ4v) is 4.07. The maximum absolute atomic E-state index is 9.21. The van der Waals surface area contributed by atoms with Crippen molar-refractivity contribution in [1.29, 1.82) is 0 Å². The Morgan fingerprint density at radius 3 is 2.93 bits per heavy atom. The van der Waals surface area contributed by atoms with Crippen LogP contribution < -0.4 is 0 Å². The number of hydrogen-bond acceptors (Lipinski definition) is 3. The SMILES string of the molecule is CSc1c(CO)sc2cc(Br)ccc12. The molecule has 0 radical (unpaired) electrons. The van der Waals surface area contributed by atoms with Crippen LogP contribution in [0, 0.1) is 0 Å². The lowest BCUT2D eigenvalue weighted by atomic mass is 10.2. The Morgan fingerprint density at radius 2 is 2.29 bits per heavy atom. The highest BCUT2D eigenvalue weighted by Crippen LogP contribution is 2.38. The van der Waals surface area contributed by atoms with E-state index in [0.29, 0.717) is 0 Å². The lowest BCUT2D eigenvalue weighted by Crippen LogP contribution is -1.78. The summed E-state index contributed by atoms with van der Waals surface area (Å²) in [5, 5.41) is 10.5. The molecule has 0 saturated heterocycles. The van der Waals surface area contributed by atoms with Gasteiger partial charge >= 0.3 is 0 Å². The van der Waals surface area contributed by atoms with Crippen LogP contribution in [0.5, 0.6) is 0 Å². The van der Waals surface area contributed by atoms with Crippen molar-refractivity contribution in [2.75, 3.05) is 6.26 Å². The first-order valence-electron chi connectivity index (χ1n) is 4.12. The van der Waals surface area contributed by atoms with Crippen molar-refractivity contribution >= 4 is 49.1 Å². The van der Waals surface area contributed by atoms with E-state index in [-0.39, 0.29) is 6.61 Å². The van der Waals surface area contributed by atoms with Crippen LogP contribution in [0.25, 0.3) is 10.1 Å². The first-order valence-corrected chi connectivity index (χ1v) is 6.95. The molecule has 1 nitrogen and oxygen atoms in total. The Bertz CT molecular complexity index is 464. The lowest BCUT2D eigenvalue weighted by Gasteiger charge is -1.96. The monoisotopic (exact) mass is 288 g/mol. The summed E-state index contributed by atoms with van der Waals surface area (Å²) in [4.78, 5) is 2.27. The van der Waals surface area contributed by atoms with Crippen molar-refractivity contribution < 1.29 is 5.11 Å². The topological polar surface area (TPSA) is 20.2 Å². The average Bonchev–Trinajstić information content (AvgIpc) is 2.54. The Labute approximate surface area is 99.3 Å². The van der Waals surface area contributed by atoms with Gasteiger partial charge < -0.3 is 5.11 Å². The number of rotatable bonds is 2. The quantitative estimate of drug-likeness (QED) is 0.847. The Morgan fingerprint density at radius 1 is 1.50 bits per heavy atom. The fourth-order valence-electron chi connectivity index (χ4n) is 1.43. The number of halogens is 1. The molecule has 0 amide bonds. The molecule has 0 saturated carbocycles. The van der Waals surface area contributed by atoms with Crippen molar-refractivity contribution in [3.8, 4) is 0 Å². The molecule has 4 heteroatoms. The number of benzene rings is 1. The number of thiophene rings is 1. The standard InChI is InChI=1S/C10H9BrOS2/c1-13-10-7-3-2-6(11)4-8(7)14-9(10)5-12/h2-4,12H,5H2,1H3. The Hall–Kier alpha value is -0.0300. The molecule has 0 bridgehead atoms. The van der Waals surface area contributed by atoms with Crippen LogP contribution in [0.2, 0.25) is 0 Å². The van der Waals surface area contributed by atoms with Gasteiger partial charge in [0, 0.05) is 24.3 Å². The van der Waals surface area contributed by atoms with Gasteiger partial charge in [-0.2, -0.15) is 0 Å². The molecule has 0 atom stereocenters. The molecule has 0 aliphatic rings. The maximum atomic E-state index is 9.21. The van der Waals surface area contributed by atoms with E-state index in [2.05, 4.69) is 28.1 Å². The molecule has 0 spiro atoms. The van der Waals surface area contributed by atoms with Gasteiger partial charge in [0.15, 0.2) is 0 Å². The zero-order valence-corrected chi connectivity index (χ0v) is 10.8. The molecule has 1 aromatic carbocycles. The summed E-state index contributed by atoms with van der Waals surface area (Å²) in [6.07, 6.45) is 2.04. The van der Waals surface area contributed by atoms with Gasteiger partial charge in [-0.15, -0.1) is 23.1 Å². The van der Waals surface area contributed by atoms with Crippen molar-refractivity contribution in [3.63, 3.8) is 0 Å². The maximum Gasteiger partial charge on any atom is 0.0786 e. The molecule has 2 rings (SSSR count). The molecule has 0 fully saturated rings. The largest absolute Gasteiger partial charge is 0.391 e. The second-order valence-electron chi connectivity index (χ2n) is 2.86. The van der Waals surface area contributed by atoms with Crippen LogP contribution in [-0.4, -0.2) is 11.4 Å². The van der Waals surface area contributed by atoms with Crippen LogP contribution in [0.15, 0.2) is 27.6 Å². The molecule has 1 aromatic heterocycles. The number of aliphatic hydroxyl groups is 1. The van der Waals surface area contributed by atoms with E-state index in [4.69, 9.17) is 0 Å². The predicted octanol–water partition coefficient (Wildman–Crippen LogP) is 3.88. The van der Waals surface area contributed by atoms with Crippen LogP contribution in [0.3, 0.4) is 0 Å². The molecule has 1 N–H and O–H groups in total. The van der Waals surface area contributed by atoms with Gasteiger partial charge in [0.25, 0.3) is 0 Å². The van der Waals surface area contributed by atoms with E-state index in [1.54, 1.807) is 23.1 Å². The van der Waals surface area contributed by atoms with Crippen LogP contribution in [0.4, 0.5) is 0 Å². The van der Waals surface area contributed by atoms with Gasteiger partial charge in [-0.25, -0.2) is 0 Å². The van der Waals surface area contributed by atoms with Crippen molar-refractivity contribution in [3.05, 3.63) is 27.5 Å². The van der Waals surface area contributed by atoms with Gasteiger partial charge in [0.05, 0.1) is 6.61 Å². The van der Waals surface area contributed by atoms with E-state index in [0.717, 1.165) is 9.35 Å². The second kappa shape index (κ2) is 4.23. The summed E-state index contributed by atoms with van der Waals surface area (Å²) in [6.45, 7) is 0.132. The number of hydrogen-bond donors (Lipinski definition) is 1. The minimum Gasteiger partial charge on any atom is -0.391 e. The molecule has 1 heterocycles. The summed E-state index contributed by atoms with van der Waals surface area (Å²) >= 11 is 6.81. The predicted molar refractivity (Wildman–Crippen MR) is 67.2 cm³/mol. The third kappa shape index (κ3) is 1.72. The van der Waals surface area contributed by atoms with Crippen molar-refractivity contribution in [1.82, 2.24) is 0 Å². The highest BCUT2D eigenvalue weighted by Gasteiger charge is 2.10. The normalized spacial score (nSPS) is 11.1. The molecule has 0 unspecified atom stereocenters. The zero-order chi connectivity index (χ0) is 10.1. The first kappa shape index (κ1) is 10.5. The molecular formula is C10H9BrOS2. The third-order valence-electron chi connectivity index (χ3n) is 2.02. The van der Waals surface area contributed by atoms with E-state index in [1.807, 2.05) is 12.3 Å². The van der Waals surface area contributed by atoms with E-state index in [1.165, 1.54) is 15.0 Å². The Balaban J connectivity index is 2.73. The smallest absolute Gasteiger partial charge is 0.0786 e. The van der Waals surface area contributed by atoms with Gasteiger partial charge in [-0.3, -0.25) is 0 Å². The molecule has 0 aliphatic heterocycles. The second-order valence-corrected chi connectivity index (χ2v) is 5.73. The molecular weight excluding hydrogens is 280 g/mol. The van der Waals surface area contributed by atoms with Crippen LogP contribution in [-0.2, 0) is 6.61 Å². The summed E-state index contributed by atoms with van der Waals surface area (Å²) in [6, 6.07) is 6.23. The minimum absolute atomic E-state index is 0.132. The Kier molecular flexibility index (Phi) is 3.17. The highest BCUT2D eigenvalue weighted by atomic mass is 79.9. The van der Waals surface area contributed by atoms with Crippen molar-refractivity contribution in [2.24, 2.45) is 0 Å². The summed E-state index contributed by atoms with van der Waals surface area (Å²) in [5.41, 5.74) is 0. The first-order chi connectivity index (χ1) is 6.76. The van der Waals surface area contributed by atoms with Crippen LogP contribution in [0.1, 0.15) is 4.88 Å². The molecule has 74 valence electrons. The zero-order valence-electron chi connectivity index (χ0n) is 7.58. The van der Waals surface area contributed by atoms with Crippen molar-refractivity contribution in [2.45, 2.75) is 11.5 Å². The number of fused-ring (bicyclic) bond motifs is 1. The summed E-state index contributed by atoms with van der Waals surface area (Å²) in [5.74, 6) is 0. The highest BCUT2D eigenvalue weighted by molar-refractivity contribution is 9.10. The molecule has 0 aliphatic carbocycles. The number of thioether (sulfide) groups is 1. The van der Waals surface area contributed by atoms with Gasteiger partial charge in [-0.05, 0) is 18.4 Å². The molecule has 14 heavy (non-hydrogen) atoms. The summed E-state index contributed by atoms with van der Waals surface area (Å²) < 4.78 is 2.32. The number of aliphatic hydroxyl groups excluding tert-OH is 1. The van der Waals surface area contributed by atoms with E-state index >= 15 is 0 Å². The van der Waals surface area contributed by atoms with E-state index < -0.39 is 0 Å². The van der Waals surface area contributed by atoms with E-state index in [9.17, 15) is 5.11 Å². The fraction of sp³-hybridized carbons (Fsp3) is 0.200. The third-order valence-corrected chi connectivity index (χ3v) is 4.66. The van der Waals surface area contributed by atoms with Gasteiger partial charge in [-0.1, -0.05) is 22.0 Å². The summed E-state index contributed by atoms with van der Waals surface area (Å²) in [7, 11) is 0.